The van der Waals surface area contributed by atoms with Gasteiger partial charge in [0.25, 0.3) is 0 Å². The minimum Gasteiger partial charge on any atom is -0.480 e. The van der Waals surface area contributed by atoms with E-state index in [1.165, 1.54) is 11.3 Å². The largest absolute Gasteiger partial charge is 0.480 e. The summed E-state index contributed by atoms with van der Waals surface area (Å²) in [5.41, 5.74) is 5.68. The van der Waals surface area contributed by atoms with E-state index < -0.39 is 18.1 Å². The van der Waals surface area contributed by atoms with Crippen LogP contribution in [0.25, 0.3) is 0 Å². The van der Waals surface area contributed by atoms with Crippen molar-refractivity contribution in [3.63, 3.8) is 0 Å². The molecular weight excluding hydrogens is 216 g/mol. The Kier molecular flexibility index (Phi) is 2.72. The van der Waals surface area contributed by atoms with E-state index in [4.69, 9.17) is 10.8 Å². The molecular formula is C9H12N2O3S. The third-order valence-electron chi connectivity index (χ3n) is 2.39. The molecule has 1 aliphatic carbocycles. The average molecular weight is 228 g/mol. The summed E-state index contributed by atoms with van der Waals surface area (Å²) in [4.78, 5) is 14.8. The molecule has 5 nitrogen and oxygen atoms in total. The van der Waals surface area contributed by atoms with Gasteiger partial charge in [-0.1, -0.05) is 0 Å². The van der Waals surface area contributed by atoms with Crippen molar-refractivity contribution in [2.75, 3.05) is 0 Å². The smallest absolute Gasteiger partial charge is 0.323 e. The van der Waals surface area contributed by atoms with Crippen LogP contribution in [0.4, 0.5) is 0 Å². The second-order valence-electron chi connectivity index (χ2n) is 3.69. The number of rotatable bonds is 4. The highest BCUT2D eigenvalue weighted by Gasteiger charge is 2.30. The van der Waals surface area contributed by atoms with Crippen molar-refractivity contribution < 1.29 is 15.0 Å². The maximum absolute atomic E-state index is 10.6. The second-order valence-corrected chi connectivity index (χ2v) is 4.58. The van der Waals surface area contributed by atoms with Crippen LogP contribution in [0, 0.1) is 0 Å². The molecule has 0 bridgehead atoms. The number of carboxylic acid groups (broad SMARTS) is 1. The summed E-state index contributed by atoms with van der Waals surface area (Å²) in [6.07, 6.45) is 1.05. The topological polar surface area (TPSA) is 96.4 Å². The van der Waals surface area contributed by atoms with Gasteiger partial charge in [-0.15, -0.1) is 11.3 Å². The second kappa shape index (κ2) is 3.88. The van der Waals surface area contributed by atoms with Crippen molar-refractivity contribution in [1.29, 1.82) is 0 Å². The molecule has 1 heterocycles. The van der Waals surface area contributed by atoms with E-state index in [1.54, 1.807) is 5.38 Å². The molecule has 0 aliphatic heterocycles. The highest BCUT2D eigenvalue weighted by Crippen LogP contribution is 2.41. The molecule has 1 aromatic rings. The van der Waals surface area contributed by atoms with E-state index in [0.717, 1.165) is 17.8 Å². The fraction of sp³-hybridized carbons (Fsp3) is 0.556. The molecule has 1 aromatic heterocycles. The van der Waals surface area contributed by atoms with Crippen LogP contribution in [0.2, 0.25) is 0 Å². The predicted octanol–water partition coefficient (Wildman–Crippen LogP) is 0.466. The quantitative estimate of drug-likeness (QED) is 0.696. The monoisotopic (exact) mass is 228 g/mol. The predicted molar refractivity (Wildman–Crippen MR) is 54.7 cm³/mol. The van der Waals surface area contributed by atoms with Crippen LogP contribution >= 0.6 is 11.3 Å². The first-order valence-corrected chi connectivity index (χ1v) is 5.59. The number of hydrogen-bond donors (Lipinski definition) is 3. The van der Waals surface area contributed by atoms with Crippen LogP contribution in [0.1, 0.15) is 35.6 Å². The van der Waals surface area contributed by atoms with Gasteiger partial charge >= 0.3 is 5.97 Å². The van der Waals surface area contributed by atoms with Gasteiger partial charge in [-0.2, -0.15) is 0 Å². The van der Waals surface area contributed by atoms with E-state index in [0.29, 0.717) is 11.6 Å². The van der Waals surface area contributed by atoms with Crippen LogP contribution in [-0.2, 0) is 4.79 Å². The van der Waals surface area contributed by atoms with Gasteiger partial charge < -0.3 is 15.9 Å². The zero-order valence-electron chi connectivity index (χ0n) is 7.96. The van der Waals surface area contributed by atoms with Crippen LogP contribution in [0.15, 0.2) is 5.38 Å². The number of nitrogens with two attached hydrogens (primary N) is 1. The van der Waals surface area contributed by atoms with Gasteiger partial charge in [0.15, 0.2) is 0 Å². The number of carboxylic acids is 1. The Bertz CT molecular complexity index is 375. The van der Waals surface area contributed by atoms with Crippen LogP contribution in [0.5, 0.6) is 0 Å². The Hall–Kier alpha value is -0.980. The van der Waals surface area contributed by atoms with Gasteiger partial charge in [0.1, 0.15) is 12.1 Å². The van der Waals surface area contributed by atoms with Crippen molar-refractivity contribution >= 4 is 17.3 Å². The molecule has 1 aliphatic rings. The Balaban J connectivity index is 2.10. The lowest BCUT2D eigenvalue weighted by Crippen LogP contribution is -2.36. The van der Waals surface area contributed by atoms with Gasteiger partial charge in [0.05, 0.1) is 10.7 Å². The van der Waals surface area contributed by atoms with Crippen LogP contribution < -0.4 is 5.73 Å². The maximum atomic E-state index is 10.6. The molecule has 82 valence electrons. The Morgan fingerprint density at radius 1 is 1.67 bits per heavy atom. The van der Waals surface area contributed by atoms with E-state index in [2.05, 4.69) is 4.98 Å². The van der Waals surface area contributed by atoms with Gasteiger partial charge in [0.2, 0.25) is 0 Å². The molecule has 2 atom stereocenters. The minimum absolute atomic E-state index is 0.372. The third-order valence-corrected chi connectivity index (χ3v) is 3.42. The molecule has 0 spiro atoms. The number of nitrogens with zero attached hydrogens (tertiary/aromatic N) is 1. The molecule has 2 unspecified atom stereocenters. The van der Waals surface area contributed by atoms with Crippen molar-refractivity contribution in [2.24, 2.45) is 5.73 Å². The summed E-state index contributed by atoms with van der Waals surface area (Å²) < 4.78 is 0. The van der Waals surface area contributed by atoms with E-state index >= 15 is 0 Å². The number of hydrogen-bond acceptors (Lipinski definition) is 5. The Morgan fingerprint density at radius 3 is 2.87 bits per heavy atom. The van der Waals surface area contributed by atoms with Gasteiger partial charge in [-0.25, -0.2) is 4.98 Å². The zero-order valence-corrected chi connectivity index (χ0v) is 8.78. The molecule has 0 amide bonds. The fourth-order valence-corrected chi connectivity index (χ4v) is 2.29. The third kappa shape index (κ3) is 2.17. The maximum Gasteiger partial charge on any atom is 0.323 e. The van der Waals surface area contributed by atoms with E-state index in [-0.39, 0.29) is 0 Å². The number of thiazole rings is 1. The number of carbonyl (C=O) groups is 1. The molecule has 4 N–H and O–H groups in total. The Morgan fingerprint density at radius 2 is 2.33 bits per heavy atom. The molecule has 15 heavy (non-hydrogen) atoms. The summed E-state index contributed by atoms with van der Waals surface area (Å²) >= 11 is 1.46. The van der Waals surface area contributed by atoms with Crippen LogP contribution in [-0.4, -0.2) is 27.2 Å². The summed E-state index contributed by atoms with van der Waals surface area (Å²) in [6, 6.07) is -1.31. The first kappa shape index (κ1) is 10.5. The lowest BCUT2D eigenvalue weighted by Gasteiger charge is -2.11. The van der Waals surface area contributed by atoms with E-state index in [9.17, 15) is 9.90 Å². The highest BCUT2D eigenvalue weighted by molar-refractivity contribution is 7.09. The lowest BCUT2D eigenvalue weighted by atomic mass is 10.1. The minimum atomic E-state index is -1.31. The summed E-state index contributed by atoms with van der Waals surface area (Å²) in [5, 5.41) is 20.9. The van der Waals surface area contributed by atoms with Gasteiger partial charge in [0, 0.05) is 11.3 Å². The van der Waals surface area contributed by atoms with Crippen molar-refractivity contribution in [3.05, 3.63) is 16.1 Å². The molecule has 0 saturated heterocycles. The highest BCUT2D eigenvalue weighted by atomic mass is 32.1. The normalized spacial score (nSPS) is 19.9. The first-order valence-electron chi connectivity index (χ1n) is 4.71. The molecule has 6 heteroatoms. The first-order chi connectivity index (χ1) is 7.09. The summed E-state index contributed by atoms with van der Waals surface area (Å²) in [5.74, 6) is -0.708. The molecule has 1 saturated carbocycles. The average Bonchev–Trinajstić information content (AvgIpc) is 2.94. The molecule has 2 rings (SSSR count). The Labute approximate surface area is 90.6 Å². The summed E-state index contributed by atoms with van der Waals surface area (Å²) in [6.45, 7) is 0. The molecule has 1 fully saturated rings. The van der Waals surface area contributed by atoms with Crippen LogP contribution in [0.3, 0.4) is 0 Å². The van der Waals surface area contributed by atoms with Crippen molar-refractivity contribution in [1.82, 2.24) is 4.98 Å². The number of aliphatic hydroxyl groups is 1. The standard InChI is InChI=1S/C9H12N2O3S/c10-6(9(13)14)7(12)5-3-15-8(11-5)4-1-2-4/h3-4,6-7,12H,1-2,10H2,(H,13,14). The molecule has 0 aromatic carbocycles. The molecule has 0 radical (unpaired) electrons. The van der Waals surface area contributed by atoms with Crippen molar-refractivity contribution in [3.8, 4) is 0 Å². The van der Waals surface area contributed by atoms with Crippen molar-refractivity contribution in [2.45, 2.75) is 30.9 Å². The van der Waals surface area contributed by atoms with Gasteiger partial charge in [-0.05, 0) is 12.8 Å². The number of aromatic nitrogens is 1. The number of aliphatic carboxylic acids is 1. The van der Waals surface area contributed by atoms with E-state index in [1.807, 2.05) is 0 Å². The summed E-state index contributed by atoms with van der Waals surface area (Å²) in [7, 11) is 0. The SMILES string of the molecule is NC(C(=O)O)C(O)c1csc(C2CC2)n1. The number of aliphatic hydroxyl groups excluding tert-OH is 1. The lowest BCUT2D eigenvalue weighted by molar-refractivity contribution is -0.141. The zero-order chi connectivity index (χ0) is 11.0. The van der Waals surface area contributed by atoms with Gasteiger partial charge in [-0.3, -0.25) is 4.79 Å². The fourth-order valence-electron chi connectivity index (χ4n) is 1.27.